The van der Waals surface area contributed by atoms with E-state index in [9.17, 15) is 20.2 Å². The van der Waals surface area contributed by atoms with Gasteiger partial charge in [0.1, 0.15) is 17.2 Å². The van der Waals surface area contributed by atoms with Gasteiger partial charge in [0.2, 0.25) is 0 Å². The quantitative estimate of drug-likeness (QED) is 0.215. The predicted molar refractivity (Wildman–Crippen MR) is 115 cm³/mol. The van der Waals surface area contributed by atoms with E-state index in [0.717, 1.165) is 10.9 Å². The number of carbonyl (C=O) groups is 1. The average Bonchev–Trinajstić information content (AvgIpc) is 3.21. The number of nitro groups is 1. The van der Waals surface area contributed by atoms with Crippen molar-refractivity contribution in [3.05, 3.63) is 94.0 Å². The van der Waals surface area contributed by atoms with Gasteiger partial charge in [-0.1, -0.05) is 47.6 Å². The molecule has 1 heterocycles. The lowest BCUT2D eigenvalue weighted by atomic mass is 10.0. The molecule has 0 aliphatic heterocycles. The lowest BCUT2D eigenvalue weighted by Crippen LogP contribution is -2.13. The molecule has 1 amide bonds. The Balaban J connectivity index is 1.64. The maximum absolute atomic E-state index is 12.5. The van der Waals surface area contributed by atoms with E-state index in [4.69, 9.17) is 4.52 Å². The second kappa shape index (κ2) is 8.31. The van der Waals surface area contributed by atoms with Gasteiger partial charge in [0.15, 0.2) is 5.76 Å². The summed E-state index contributed by atoms with van der Waals surface area (Å²) in [5.74, 6) is -0.0814. The van der Waals surface area contributed by atoms with Gasteiger partial charge in [0, 0.05) is 23.4 Å². The largest absolute Gasteiger partial charge is 0.355 e. The van der Waals surface area contributed by atoms with Gasteiger partial charge in [-0.05, 0) is 29.8 Å². The number of fused-ring (bicyclic) bond motifs is 1. The number of hydrogen-bond acceptors (Lipinski definition) is 6. The van der Waals surface area contributed by atoms with Crippen LogP contribution in [0.5, 0.6) is 0 Å². The van der Waals surface area contributed by atoms with E-state index < -0.39 is 10.8 Å². The summed E-state index contributed by atoms with van der Waals surface area (Å²) in [6.45, 7) is 0. The zero-order chi connectivity index (χ0) is 21.8. The molecule has 4 aromatic rings. The summed E-state index contributed by atoms with van der Waals surface area (Å²) < 4.78 is 5.47. The summed E-state index contributed by atoms with van der Waals surface area (Å²) in [6, 6.07) is 22.1. The Kier molecular flexibility index (Phi) is 5.24. The van der Waals surface area contributed by atoms with Crippen LogP contribution >= 0.6 is 0 Å². The van der Waals surface area contributed by atoms with Crippen LogP contribution in [-0.2, 0) is 4.79 Å². The predicted octanol–water partition coefficient (Wildman–Crippen LogP) is 4.95. The van der Waals surface area contributed by atoms with Crippen LogP contribution in [0.4, 0.5) is 11.4 Å². The van der Waals surface area contributed by atoms with E-state index >= 15 is 0 Å². The first-order chi connectivity index (χ1) is 15.0. The minimum Gasteiger partial charge on any atom is -0.355 e. The molecule has 8 heteroatoms. The fraction of sp³-hybridized carbons (Fsp3) is 0. The number of carbonyl (C=O) groups excluding carboxylic acids is 1. The lowest BCUT2D eigenvalue weighted by Gasteiger charge is -2.04. The van der Waals surface area contributed by atoms with Crippen molar-refractivity contribution >= 4 is 34.3 Å². The average molecular weight is 410 g/mol. The number of anilines is 1. The molecule has 1 aromatic heterocycles. The van der Waals surface area contributed by atoms with E-state index in [1.807, 2.05) is 36.4 Å². The third-order valence-corrected chi connectivity index (χ3v) is 4.53. The van der Waals surface area contributed by atoms with Crippen molar-refractivity contribution < 1.29 is 14.2 Å². The highest BCUT2D eigenvalue weighted by atomic mass is 16.6. The van der Waals surface area contributed by atoms with Gasteiger partial charge in [-0.25, -0.2) is 0 Å². The number of amides is 1. The highest BCUT2D eigenvalue weighted by molar-refractivity contribution is 6.10. The molecule has 0 aliphatic rings. The summed E-state index contributed by atoms with van der Waals surface area (Å²) in [6.07, 6.45) is 1.44. The summed E-state index contributed by atoms with van der Waals surface area (Å²) in [7, 11) is 0. The fourth-order valence-electron chi connectivity index (χ4n) is 3.06. The molecule has 0 fully saturated rings. The van der Waals surface area contributed by atoms with Crippen molar-refractivity contribution in [2.75, 3.05) is 5.32 Å². The van der Waals surface area contributed by atoms with E-state index in [1.54, 1.807) is 18.2 Å². The molecule has 31 heavy (non-hydrogen) atoms. The fourth-order valence-corrected chi connectivity index (χ4v) is 3.06. The molecule has 0 bridgehead atoms. The van der Waals surface area contributed by atoms with Crippen LogP contribution in [0.1, 0.15) is 5.56 Å². The minimum absolute atomic E-state index is 0.149. The molecular formula is C23H14N4O4. The van der Waals surface area contributed by atoms with Crippen molar-refractivity contribution in [1.82, 2.24) is 5.16 Å². The van der Waals surface area contributed by atoms with Gasteiger partial charge in [-0.3, -0.25) is 14.9 Å². The molecular weight excluding hydrogens is 396 g/mol. The number of rotatable bonds is 5. The summed E-state index contributed by atoms with van der Waals surface area (Å²) >= 11 is 0. The Morgan fingerprint density at radius 2 is 1.90 bits per heavy atom. The van der Waals surface area contributed by atoms with Crippen molar-refractivity contribution in [2.45, 2.75) is 0 Å². The number of aromatic nitrogens is 1. The van der Waals surface area contributed by atoms with Crippen LogP contribution in [-0.4, -0.2) is 16.0 Å². The topological polar surface area (TPSA) is 122 Å². The SMILES string of the molecule is N#CC(=Cc1ccc2noc(-c3ccccc3)c2c1)C(=O)Nc1cccc([N+](=O)[O-])c1. The first-order valence-corrected chi connectivity index (χ1v) is 9.17. The standard InChI is InChI=1S/C23H14N4O4/c24-14-17(23(28)25-18-7-4-8-19(13-18)27(29)30)11-15-9-10-21-20(12-15)22(31-26-21)16-5-2-1-3-6-16/h1-13H,(H,25,28). The van der Waals surface area contributed by atoms with Crippen LogP contribution < -0.4 is 5.32 Å². The molecule has 0 saturated carbocycles. The van der Waals surface area contributed by atoms with Crippen LogP contribution in [0.25, 0.3) is 28.3 Å². The Morgan fingerprint density at radius 1 is 1.10 bits per heavy atom. The number of nitriles is 1. The smallest absolute Gasteiger partial charge is 0.271 e. The van der Waals surface area contributed by atoms with Gasteiger partial charge in [0.25, 0.3) is 11.6 Å². The number of nitrogens with zero attached hydrogens (tertiary/aromatic N) is 3. The first-order valence-electron chi connectivity index (χ1n) is 9.17. The number of non-ortho nitro benzene ring substituents is 1. The molecule has 4 rings (SSSR count). The van der Waals surface area contributed by atoms with Gasteiger partial charge < -0.3 is 9.84 Å². The maximum atomic E-state index is 12.5. The monoisotopic (exact) mass is 410 g/mol. The van der Waals surface area contributed by atoms with Crippen molar-refractivity contribution in [3.8, 4) is 17.4 Å². The molecule has 3 aromatic carbocycles. The van der Waals surface area contributed by atoms with Gasteiger partial charge >= 0.3 is 0 Å². The molecule has 0 unspecified atom stereocenters. The van der Waals surface area contributed by atoms with Gasteiger partial charge in [0.05, 0.1) is 10.3 Å². The molecule has 1 N–H and O–H groups in total. The van der Waals surface area contributed by atoms with Crippen LogP contribution in [0.3, 0.4) is 0 Å². The van der Waals surface area contributed by atoms with Crippen LogP contribution in [0.15, 0.2) is 82.9 Å². The van der Waals surface area contributed by atoms with Crippen LogP contribution in [0, 0.1) is 21.4 Å². The number of benzene rings is 3. The maximum Gasteiger partial charge on any atom is 0.271 e. The van der Waals surface area contributed by atoms with Crippen molar-refractivity contribution in [3.63, 3.8) is 0 Å². The second-order valence-corrected chi connectivity index (χ2v) is 6.59. The number of nitrogens with one attached hydrogen (secondary N) is 1. The van der Waals surface area contributed by atoms with Gasteiger partial charge in [-0.15, -0.1) is 0 Å². The molecule has 150 valence electrons. The Hall–Kier alpha value is -4.77. The lowest BCUT2D eigenvalue weighted by molar-refractivity contribution is -0.384. The normalized spacial score (nSPS) is 11.1. The van der Waals surface area contributed by atoms with E-state index in [1.165, 1.54) is 30.3 Å². The van der Waals surface area contributed by atoms with Gasteiger partial charge in [-0.2, -0.15) is 5.26 Å². The third-order valence-electron chi connectivity index (χ3n) is 4.53. The number of nitro benzene ring substituents is 1. The molecule has 0 spiro atoms. The molecule has 0 radical (unpaired) electrons. The van der Waals surface area contributed by atoms with Crippen molar-refractivity contribution in [1.29, 1.82) is 5.26 Å². The van der Waals surface area contributed by atoms with Crippen LogP contribution in [0.2, 0.25) is 0 Å². The molecule has 0 saturated heterocycles. The van der Waals surface area contributed by atoms with E-state index in [2.05, 4.69) is 10.5 Å². The highest BCUT2D eigenvalue weighted by Crippen LogP contribution is 2.29. The molecule has 8 nitrogen and oxygen atoms in total. The minimum atomic E-state index is -0.670. The third kappa shape index (κ3) is 4.16. The number of hydrogen-bond donors (Lipinski definition) is 1. The summed E-state index contributed by atoms with van der Waals surface area (Å²) in [5.41, 5.74) is 2.03. The summed E-state index contributed by atoms with van der Waals surface area (Å²) in [5, 5.41) is 27.7. The molecule has 0 aliphatic carbocycles. The zero-order valence-corrected chi connectivity index (χ0v) is 16.0. The van der Waals surface area contributed by atoms with Crippen molar-refractivity contribution in [2.24, 2.45) is 0 Å². The Bertz CT molecular complexity index is 1370. The second-order valence-electron chi connectivity index (χ2n) is 6.59. The Morgan fingerprint density at radius 3 is 2.65 bits per heavy atom. The zero-order valence-electron chi connectivity index (χ0n) is 16.0. The highest BCUT2D eigenvalue weighted by Gasteiger charge is 2.14. The summed E-state index contributed by atoms with van der Waals surface area (Å²) in [4.78, 5) is 22.9. The first kappa shape index (κ1) is 19.5. The molecule has 0 atom stereocenters. The Labute approximate surface area is 176 Å². The van der Waals surface area contributed by atoms with E-state index in [0.29, 0.717) is 16.8 Å². The van der Waals surface area contributed by atoms with E-state index in [-0.39, 0.29) is 16.9 Å².